The number of carbonyl (C=O) groups excluding carboxylic acids is 2. The minimum absolute atomic E-state index is 0.0916. The number of benzene rings is 3. The van der Waals surface area contributed by atoms with Crippen molar-refractivity contribution in [2.75, 3.05) is 23.7 Å². The van der Waals surface area contributed by atoms with E-state index in [1.807, 2.05) is 68.4 Å². The van der Waals surface area contributed by atoms with Gasteiger partial charge in [-0.2, -0.15) is 0 Å². The minimum atomic E-state index is -3.93. The third-order valence-corrected chi connectivity index (χ3v) is 8.10. The number of unbranched alkanes of at least 4 members (excludes halogenated alkanes) is 1. The largest absolute Gasteiger partial charge is 0.354 e. The number of rotatable bonds is 13. The highest BCUT2D eigenvalue weighted by Gasteiger charge is 2.33. The summed E-state index contributed by atoms with van der Waals surface area (Å²) in [5, 5.41) is 3.39. The molecule has 3 aromatic rings. The Hall–Kier alpha value is -3.07. The zero-order valence-corrected chi connectivity index (χ0v) is 25.3. The molecule has 1 N–H and O–H groups in total. The van der Waals surface area contributed by atoms with Gasteiger partial charge in [-0.05, 0) is 42.7 Å². The van der Waals surface area contributed by atoms with E-state index in [4.69, 9.17) is 23.2 Å². The molecule has 0 aliphatic carbocycles. The maximum absolute atomic E-state index is 14.1. The normalized spacial score (nSPS) is 12.0. The number of anilines is 1. The van der Waals surface area contributed by atoms with Crippen LogP contribution in [-0.4, -0.2) is 50.5 Å². The van der Waals surface area contributed by atoms with E-state index >= 15 is 0 Å². The average Bonchev–Trinajstić information content (AvgIpc) is 2.90. The summed E-state index contributed by atoms with van der Waals surface area (Å²) in [5.74, 6) is -0.836. The first-order valence-corrected chi connectivity index (χ1v) is 15.7. The highest BCUT2D eigenvalue weighted by molar-refractivity contribution is 7.92. The van der Waals surface area contributed by atoms with Crippen LogP contribution in [0.3, 0.4) is 0 Å². The lowest BCUT2D eigenvalue weighted by Gasteiger charge is -2.33. The Morgan fingerprint density at radius 1 is 0.950 bits per heavy atom. The lowest BCUT2D eigenvalue weighted by molar-refractivity contribution is -0.140. The van der Waals surface area contributed by atoms with Crippen molar-refractivity contribution in [1.82, 2.24) is 10.2 Å². The van der Waals surface area contributed by atoms with Crippen LogP contribution in [0.15, 0.2) is 72.8 Å². The van der Waals surface area contributed by atoms with E-state index in [0.29, 0.717) is 11.6 Å². The molecule has 0 fully saturated rings. The molecule has 214 valence electrons. The fraction of sp³-hybridized carbons (Fsp3) is 0.333. The molecule has 0 spiro atoms. The van der Waals surface area contributed by atoms with Crippen molar-refractivity contribution in [3.63, 3.8) is 0 Å². The number of amides is 2. The molecule has 10 heteroatoms. The molecule has 7 nitrogen and oxygen atoms in total. The van der Waals surface area contributed by atoms with Crippen molar-refractivity contribution in [3.05, 3.63) is 99.5 Å². The van der Waals surface area contributed by atoms with E-state index in [1.165, 1.54) is 23.1 Å². The Balaban J connectivity index is 2.04. The van der Waals surface area contributed by atoms with Gasteiger partial charge in [-0.15, -0.1) is 0 Å². The zero-order valence-electron chi connectivity index (χ0n) is 22.9. The molecule has 1 atom stereocenters. The Morgan fingerprint density at radius 3 is 2.23 bits per heavy atom. The molecular formula is C30H35Cl2N3O4S. The summed E-state index contributed by atoms with van der Waals surface area (Å²) in [6.07, 6.45) is 2.97. The number of sulfonamides is 1. The van der Waals surface area contributed by atoms with Crippen LogP contribution in [0, 0.1) is 6.92 Å². The molecule has 3 rings (SSSR count). The van der Waals surface area contributed by atoms with E-state index in [-0.39, 0.29) is 29.6 Å². The van der Waals surface area contributed by atoms with Gasteiger partial charge in [0.05, 0.1) is 17.0 Å². The molecule has 0 aliphatic rings. The molecule has 0 bridgehead atoms. The second-order valence-corrected chi connectivity index (χ2v) is 12.5. The smallest absolute Gasteiger partial charge is 0.244 e. The van der Waals surface area contributed by atoms with E-state index in [1.54, 1.807) is 0 Å². The van der Waals surface area contributed by atoms with E-state index in [0.717, 1.165) is 40.1 Å². The second-order valence-electron chi connectivity index (χ2n) is 9.72. The van der Waals surface area contributed by atoms with Crippen molar-refractivity contribution < 1.29 is 18.0 Å². The Labute approximate surface area is 247 Å². The standard InChI is InChI=1S/C30H35Cl2N3O4S/c1-4-5-17-33-30(37)28(18-23-9-7-6-8-10-23)34(20-24-13-11-22(2)12-14-24)29(36)21-35(40(3,38)39)27-16-15-25(31)19-26(27)32/h6-16,19,28H,4-5,17-18,20-21H2,1-3H3,(H,33,37)/t28-/m0/s1. The monoisotopic (exact) mass is 603 g/mol. The summed E-state index contributed by atoms with van der Waals surface area (Å²) in [6.45, 7) is 4.04. The number of aryl methyl sites for hydroxylation is 1. The van der Waals surface area contributed by atoms with Crippen molar-refractivity contribution >= 4 is 50.7 Å². The van der Waals surface area contributed by atoms with Gasteiger partial charge in [-0.25, -0.2) is 8.42 Å². The van der Waals surface area contributed by atoms with Crippen LogP contribution in [0.4, 0.5) is 5.69 Å². The molecule has 0 saturated carbocycles. The van der Waals surface area contributed by atoms with Crippen LogP contribution in [0.1, 0.15) is 36.5 Å². The SMILES string of the molecule is CCCCNC(=O)[C@H](Cc1ccccc1)N(Cc1ccc(C)cc1)C(=O)CN(c1ccc(Cl)cc1Cl)S(C)(=O)=O. The Bertz CT molecular complexity index is 1400. The van der Waals surface area contributed by atoms with Crippen LogP contribution in [0.2, 0.25) is 10.0 Å². The first-order chi connectivity index (χ1) is 19.0. The summed E-state index contributed by atoms with van der Waals surface area (Å²) < 4.78 is 26.7. The second kappa shape index (κ2) is 14.5. The average molecular weight is 605 g/mol. The Morgan fingerprint density at radius 2 is 1.62 bits per heavy atom. The number of halogens is 2. The molecule has 40 heavy (non-hydrogen) atoms. The summed E-state index contributed by atoms with van der Waals surface area (Å²) in [6, 6.07) is 20.6. The molecular weight excluding hydrogens is 569 g/mol. The lowest BCUT2D eigenvalue weighted by atomic mass is 10.0. The minimum Gasteiger partial charge on any atom is -0.354 e. The molecule has 3 aromatic carbocycles. The van der Waals surface area contributed by atoms with Crippen molar-refractivity contribution in [2.45, 2.75) is 45.7 Å². The maximum atomic E-state index is 14.1. The molecule has 0 aliphatic heterocycles. The first kappa shape index (κ1) is 31.5. The highest BCUT2D eigenvalue weighted by Crippen LogP contribution is 2.30. The van der Waals surface area contributed by atoms with Gasteiger partial charge in [0, 0.05) is 24.5 Å². The van der Waals surface area contributed by atoms with Gasteiger partial charge in [0.1, 0.15) is 12.6 Å². The molecule has 0 saturated heterocycles. The summed E-state index contributed by atoms with van der Waals surface area (Å²) >= 11 is 12.4. The number of hydrogen-bond acceptors (Lipinski definition) is 4. The molecule has 0 unspecified atom stereocenters. The molecule has 0 aromatic heterocycles. The van der Waals surface area contributed by atoms with Gasteiger partial charge in [-0.3, -0.25) is 13.9 Å². The van der Waals surface area contributed by atoms with E-state index in [2.05, 4.69) is 5.32 Å². The summed E-state index contributed by atoms with van der Waals surface area (Å²) in [7, 11) is -3.93. The van der Waals surface area contributed by atoms with Crippen LogP contribution < -0.4 is 9.62 Å². The van der Waals surface area contributed by atoms with Crippen molar-refractivity contribution in [2.24, 2.45) is 0 Å². The zero-order chi connectivity index (χ0) is 29.3. The molecule has 0 heterocycles. The molecule has 0 radical (unpaired) electrons. The van der Waals surface area contributed by atoms with E-state index in [9.17, 15) is 18.0 Å². The third-order valence-electron chi connectivity index (χ3n) is 6.43. The van der Waals surface area contributed by atoms with Crippen molar-refractivity contribution in [3.8, 4) is 0 Å². The third kappa shape index (κ3) is 8.98. The summed E-state index contributed by atoms with van der Waals surface area (Å²) in [4.78, 5) is 29.1. The van der Waals surface area contributed by atoms with Gasteiger partial charge in [-0.1, -0.05) is 96.7 Å². The molecule has 2 amide bonds. The van der Waals surface area contributed by atoms with Gasteiger partial charge >= 0.3 is 0 Å². The van der Waals surface area contributed by atoms with Gasteiger partial charge in [0.15, 0.2) is 0 Å². The van der Waals surface area contributed by atoms with Crippen molar-refractivity contribution in [1.29, 1.82) is 0 Å². The number of carbonyl (C=O) groups is 2. The highest BCUT2D eigenvalue weighted by atomic mass is 35.5. The maximum Gasteiger partial charge on any atom is 0.244 e. The number of hydrogen-bond donors (Lipinski definition) is 1. The fourth-order valence-electron chi connectivity index (χ4n) is 4.23. The van der Waals surface area contributed by atoms with Crippen LogP contribution in [-0.2, 0) is 32.6 Å². The van der Waals surface area contributed by atoms with Crippen LogP contribution in [0.5, 0.6) is 0 Å². The topological polar surface area (TPSA) is 86.8 Å². The predicted octanol–water partition coefficient (Wildman–Crippen LogP) is 5.62. The first-order valence-electron chi connectivity index (χ1n) is 13.1. The van der Waals surface area contributed by atoms with E-state index < -0.39 is 28.5 Å². The Kier molecular flexibility index (Phi) is 11.4. The number of nitrogens with one attached hydrogen (secondary N) is 1. The van der Waals surface area contributed by atoms with Gasteiger partial charge in [0.2, 0.25) is 21.8 Å². The fourth-order valence-corrected chi connectivity index (χ4v) is 5.65. The van der Waals surface area contributed by atoms with Gasteiger partial charge < -0.3 is 10.2 Å². The number of nitrogens with zero attached hydrogens (tertiary/aromatic N) is 2. The van der Waals surface area contributed by atoms with Crippen LogP contribution >= 0.6 is 23.2 Å². The summed E-state index contributed by atoms with van der Waals surface area (Å²) in [5.41, 5.74) is 2.87. The van der Waals surface area contributed by atoms with Gasteiger partial charge in [0.25, 0.3) is 0 Å². The quantitative estimate of drug-likeness (QED) is 0.257. The lowest BCUT2D eigenvalue weighted by Crippen LogP contribution is -2.53. The van der Waals surface area contributed by atoms with Crippen LogP contribution in [0.25, 0.3) is 0 Å². The predicted molar refractivity (Wildman–Crippen MR) is 162 cm³/mol.